The molecule has 0 fully saturated rings. The maximum absolute atomic E-state index is 5.89. The minimum Gasteiger partial charge on any atom is -0.489 e. The Morgan fingerprint density at radius 2 is 1.75 bits per heavy atom. The molecule has 2 nitrogen and oxygen atoms in total. The van der Waals surface area contributed by atoms with Gasteiger partial charge in [0.2, 0.25) is 0 Å². The number of benzene rings is 2. The second-order valence-electron chi connectivity index (χ2n) is 5.25. The van der Waals surface area contributed by atoms with Gasteiger partial charge in [0, 0.05) is 23.0 Å². The van der Waals surface area contributed by atoms with Gasteiger partial charge in [-0.2, -0.15) is 0 Å². The Morgan fingerprint density at radius 3 is 2.50 bits per heavy atom. The molecule has 126 valence electrons. The minimum atomic E-state index is 0. The van der Waals surface area contributed by atoms with E-state index in [-0.39, 0.29) is 12.4 Å². The van der Waals surface area contributed by atoms with Gasteiger partial charge < -0.3 is 10.1 Å². The fourth-order valence-corrected chi connectivity index (χ4v) is 3.04. The highest BCUT2D eigenvalue weighted by Gasteiger charge is 2.00. The monoisotopic (exact) mass is 379 g/mol. The summed E-state index contributed by atoms with van der Waals surface area (Å²) in [6.07, 6.45) is 0. The van der Waals surface area contributed by atoms with Gasteiger partial charge in [0.1, 0.15) is 12.4 Å². The van der Waals surface area contributed by atoms with Crippen LogP contribution in [0.15, 0.2) is 66.0 Å². The maximum atomic E-state index is 5.89. The van der Waals surface area contributed by atoms with Gasteiger partial charge >= 0.3 is 0 Å². The van der Waals surface area contributed by atoms with E-state index in [0.717, 1.165) is 29.4 Å². The summed E-state index contributed by atoms with van der Waals surface area (Å²) in [6, 6.07) is 20.1. The standard InChI is InChI=1S/C19H18ClNOS.ClH/c20-17-8-6-15(7-9-17)14-22-18-4-1-3-16(11-18)12-21-13-19-5-2-10-23-19;/h1-11,21H,12-14H2;1H. The molecule has 0 aliphatic rings. The molecular formula is C19H19Cl2NOS. The predicted molar refractivity (Wildman–Crippen MR) is 104 cm³/mol. The highest BCUT2D eigenvalue weighted by Crippen LogP contribution is 2.17. The molecule has 0 aliphatic carbocycles. The topological polar surface area (TPSA) is 21.3 Å². The van der Waals surface area contributed by atoms with Crippen LogP contribution in [0.4, 0.5) is 0 Å². The fraction of sp³-hybridized carbons (Fsp3) is 0.158. The lowest BCUT2D eigenvalue weighted by molar-refractivity contribution is 0.306. The van der Waals surface area contributed by atoms with Crippen molar-refractivity contribution in [3.63, 3.8) is 0 Å². The first kappa shape index (κ1) is 18.8. The quantitative estimate of drug-likeness (QED) is 0.568. The first-order chi connectivity index (χ1) is 11.3. The summed E-state index contributed by atoms with van der Waals surface area (Å²) in [5.41, 5.74) is 2.32. The second kappa shape index (κ2) is 9.70. The van der Waals surface area contributed by atoms with E-state index in [1.54, 1.807) is 11.3 Å². The summed E-state index contributed by atoms with van der Waals surface area (Å²) in [5.74, 6) is 0.885. The van der Waals surface area contributed by atoms with Crippen LogP contribution in [0.5, 0.6) is 5.75 Å². The Balaban J connectivity index is 0.00000208. The zero-order chi connectivity index (χ0) is 15.9. The molecule has 3 rings (SSSR count). The molecule has 0 spiro atoms. The highest BCUT2D eigenvalue weighted by molar-refractivity contribution is 7.09. The molecule has 2 aromatic carbocycles. The van der Waals surface area contributed by atoms with Crippen molar-refractivity contribution >= 4 is 35.3 Å². The van der Waals surface area contributed by atoms with E-state index in [4.69, 9.17) is 16.3 Å². The number of halogens is 2. The van der Waals surface area contributed by atoms with Gasteiger partial charge in [-0.3, -0.25) is 0 Å². The van der Waals surface area contributed by atoms with Crippen LogP contribution < -0.4 is 10.1 Å². The van der Waals surface area contributed by atoms with Crippen LogP contribution in [0.25, 0.3) is 0 Å². The van der Waals surface area contributed by atoms with Crippen molar-refractivity contribution in [1.29, 1.82) is 0 Å². The third-order valence-corrected chi connectivity index (χ3v) is 4.55. The van der Waals surface area contributed by atoms with E-state index in [0.29, 0.717) is 6.61 Å². The van der Waals surface area contributed by atoms with Crippen LogP contribution in [0.2, 0.25) is 5.02 Å². The molecule has 0 amide bonds. The van der Waals surface area contributed by atoms with Gasteiger partial charge in [0.15, 0.2) is 0 Å². The van der Waals surface area contributed by atoms with E-state index < -0.39 is 0 Å². The van der Waals surface area contributed by atoms with Crippen LogP contribution in [0, 0.1) is 0 Å². The molecular weight excluding hydrogens is 361 g/mol. The second-order valence-corrected chi connectivity index (χ2v) is 6.71. The lowest BCUT2D eigenvalue weighted by Gasteiger charge is -2.09. The average molecular weight is 380 g/mol. The van der Waals surface area contributed by atoms with E-state index in [9.17, 15) is 0 Å². The van der Waals surface area contributed by atoms with Crippen molar-refractivity contribution in [2.45, 2.75) is 19.7 Å². The van der Waals surface area contributed by atoms with Crippen LogP contribution in [0.1, 0.15) is 16.0 Å². The summed E-state index contributed by atoms with van der Waals surface area (Å²) in [5, 5.41) is 6.29. The molecule has 0 saturated heterocycles. The first-order valence-electron chi connectivity index (χ1n) is 7.49. The summed E-state index contributed by atoms with van der Waals surface area (Å²) in [7, 11) is 0. The highest BCUT2D eigenvalue weighted by atomic mass is 35.5. The maximum Gasteiger partial charge on any atom is 0.120 e. The lowest BCUT2D eigenvalue weighted by atomic mass is 10.2. The number of ether oxygens (including phenoxy) is 1. The number of hydrogen-bond acceptors (Lipinski definition) is 3. The zero-order valence-electron chi connectivity index (χ0n) is 13.1. The first-order valence-corrected chi connectivity index (χ1v) is 8.75. The Bertz CT molecular complexity index is 729. The lowest BCUT2D eigenvalue weighted by Crippen LogP contribution is -2.11. The van der Waals surface area contributed by atoms with Gasteiger partial charge in [-0.15, -0.1) is 23.7 Å². The average Bonchev–Trinajstić information content (AvgIpc) is 3.08. The van der Waals surface area contributed by atoms with Crippen molar-refractivity contribution < 1.29 is 4.74 Å². The van der Waals surface area contributed by atoms with Crippen molar-refractivity contribution in [3.05, 3.63) is 87.1 Å². The number of rotatable bonds is 7. The summed E-state index contributed by atoms with van der Waals surface area (Å²) in [6.45, 7) is 2.27. The van der Waals surface area contributed by atoms with Gasteiger partial charge in [-0.25, -0.2) is 0 Å². The molecule has 5 heteroatoms. The Morgan fingerprint density at radius 1 is 0.917 bits per heavy atom. The van der Waals surface area contributed by atoms with Gasteiger partial charge in [0.25, 0.3) is 0 Å². The van der Waals surface area contributed by atoms with Gasteiger partial charge in [0.05, 0.1) is 0 Å². The molecule has 0 bridgehead atoms. The largest absolute Gasteiger partial charge is 0.489 e. The summed E-state index contributed by atoms with van der Waals surface area (Å²) >= 11 is 7.66. The van der Waals surface area contributed by atoms with Crippen LogP contribution in [-0.4, -0.2) is 0 Å². The van der Waals surface area contributed by atoms with Gasteiger partial charge in [-0.1, -0.05) is 41.9 Å². The summed E-state index contributed by atoms with van der Waals surface area (Å²) in [4.78, 5) is 1.35. The van der Waals surface area contributed by atoms with Crippen LogP contribution >= 0.6 is 35.3 Å². The summed E-state index contributed by atoms with van der Waals surface area (Å²) < 4.78 is 5.86. The third-order valence-electron chi connectivity index (χ3n) is 3.43. The van der Waals surface area contributed by atoms with E-state index >= 15 is 0 Å². The van der Waals surface area contributed by atoms with E-state index in [1.165, 1.54) is 10.4 Å². The van der Waals surface area contributed by atoms with Crippen molar-refractivity contribution in [2.24, 2.45) is 0 Å². The predicted octanol–water partition coefficient (Wildman–Crippen LogP) is 5.69. The molecule has 0 aliphatic heterocycles. The SMILES string of the molecule is Cl.Clc1ccc(COc2cccc(CNCc3cccs3)c2)cc1. The fourth-order valence-electron chi connectivity index (χ4n) is 2.24. The minimum absolute atomic E-state index is 0. The van der Waals surface area contributed by atoms with Crippen molar-refractivity contribution in [2.75, 3.05) is 0 Å². The normalized spacial score (nSPS) is 10.2. The number of hydrogen-bond donors (Lipinski definition) is 1. The Hall–Kier alpha value is -1.52. The van der Waals surface area contributed by atoms with E-state index in [1.807, 2.05) is 36.4 Å². The van der Waals surface area contributed by atoms with Crippen molar-refractivity contribution in [3.8, 4) is 5.75 Å². The Labute approximate surface area is 157 Å². The number of nitrogens with one attached hydrogen (secondary N) is 1. The molecule has 1 heterocycles. The number of thiophene rings is 1. The molecule has 0 atom stereocenters. The van der Waals surface area contributed by atoms with Gasteiger partial charge in [-0.05, 0) is 46.8 Å². The molecule has 1 aromatic heterocycles. The molecule has 24 heavy (non-hydrogen) atoms. The molecule has 0 saturated carbocycles. The van der Waals surface area contributed by atoms with E-state index in [2.05, 4.69) is 35.0 Å². The van der Waals surface area contributed by atoms with Crippen LogP contribution in [0.3, 0.4) is 0 Å². The Kier molecular flexibility index (Phi) is 7.60. The molecule has 1 N–H and O–H groups in total. The van der Waals surface area contributed by atoms with Crippen molar-refractivity contribution in [1.82, 2.24) is 5.32 Å². The molecule has 3 aromatic rings. The molecule has 0 radical (unpaired) electrons. The smallest absolute Gasteiger partial charge is 0.120 e. The van der Waals surface area contributed by atoms with Crippen LogP contribution in [-0.2, 0) is 19.7 Å². The third kappa shape index (κ3) is 5.84. The molecule has 0 unspecified atom stereocenters. The zero-order valence-corrected chi connectivity index (χ0v) is 15.5.